The predicted octanol–water partition coefficient (Wildman–Crippen LogP) is -0.517. The Kier molecular flexibility index (Phi) is 2.10. The fourth-order valence-electron chi connectivity index (χ4n) is 1.76. The molecule has 0 amide bonds. The summed E-state index contributed by atoms with van der Waals surface area (Å²) in [5.41, 5.74) is 0.283. The first-order valence-corrected chi connectivity index (χ1v) is 5.11. The third-order valence-electron chi connectivity index (χ3n) is 2.61. The van der Waals surface area contributed by atoms with Crippen LogP contribution in [-0.2, 0) is 4.74 Å². The molecule has 0 aliphatic carbocycles. The Bertz CT molecular complexity index is 554. The number of anilines is 1. The molecule has 1 saturated heterocycles. The molecule has 0 saturated carbocycles. The van der Waals surface area contributed by atoms with Crippen LogP contribution in [0.1, 0.15) is 0 Å². The molecule has 0 radical (unpaired) electrons. The third kappa shape index (κ3) is 1.45. The first kappa shape index (κ1) is 9.34. The van der Waals surface area contributed by atoms with Gasteiger partial charge in [-0.2, -0.15) is 10.1 Å². The van der Waals surface area contributed by atoms with Crippen molar-refractivity contribution < 1.29 is 4.74 Å². The van der Waals surface area contributed by atoms with E-state index in [0.717, 1.165) is 13.1 Å². The lowest BCUT2D eigenvalue weighted by atomic mass is 10.4. The Labute approximate surface area is 90.4 Å². The van der Waals surface area contributed by atoms with Crippen LogP contribution in [0.2, 0.25) is 0 Å². The summed E-state index contributed by atoms with van der Waals surface area (Å²) >= 11 is 0. The fraction of sp³-hybridized carbons (Fsp3) is 0.444. The summed E-state index contributed by atoms with van der Waals surface area (Å²) in [6, 6.07) is 0. The van der Waals surface area contributed by atoms with E-state index in [2.05, 4.69) is 20.2 Å². The molecule has 0 bridgehead atoms. The van der Waals surface area contributed by atoms with Gasteiger partial charge >= 0.3 is 0 Å². The molecule has 1 aliphatic heterocycles. The van der Waals surface area contributed by atoms with Gasteiger partial charge in [0, 0.05) is 19.3 Å². The van der Waals surface area contributed by atoms with Crippen LogP contribution >= 0.6 is 0 Å². The van der Waals surface area contributed by atoms with Crippen molar-refractivity contribution in [2.45, 2.75) is 0 Å². The zero-order chi connectivity index (χ0) is 11.0. The molecular weight excluding hydrogens is 210 g/mol. The van der Waals surface area contributed by atoms with Crippen molar-refractivity contribution in [2.75, 3.05) is 31.2 Å². The van der Waals surface area contributed by atoms with E-state index in [1.807, 2.05) is 4.90 Å². The van der Waals surface area contributed by atoms with E-state index in [1.165, 1.54) is 0 Å². The van der Waals surface area contributed by atoms with E-state index < -0.39 is 0 Å². The minimum absolute atomic E-state index is 0.166. The number of hydrogen-bond donors (Lipinski definition) is 2. The average Bonchev–Trinajstić information content (AvgIpc) is 2.79. The van der Waals surface area contributed by atoms with Gasteiger partial charge in [0.25, 0.3) is 5.56 Å². The van der Waals surface area contributed by atoms with Crippen molar-refractivity contribution in [2.24, 2.45) is 0 Å². The summed E-state index contributed by atoms with van der Waals surface area (Å²) in [5, 5.41) is 7.04. The number of H-pyrrole nitrogens is 2. The molecule has 1 aliphatic rings. The molecule has 3 heterocycles. The summed E-state index contributed by atoms with van der Waals surface area (Å²) in [4.78, 5) is 20.7. The van der Waals surface area contributed by atoms with Gasteiger partial charge in [-0.3, -0.25) is 14.9 Å². The van der Waals surface area contributed by atoms with Crippen molar-refractivity contribution >= 4 is 17.0 Å². The maximum atomic E-state index is 11.7. The van der Waals surface area contributed by atoms with Gasteiger partial charge in [-0.15, -0.1) is 0 Å². The predicted molar refractivity (Wildman–Crippen MR) is 57.5 cm³/mol. The second-order valence-electron chi connectivity index (χ2n) is 3.61. The quantitative estimate of drug-likeness (QED) is 0.676. The van der Waals surface area contributed by atoms with Crippen molar-refractivity contribution in [1.29, 1.82) is 0 Å². The van der Waals surface area contributed by atoms with Gasteiger partial charge in [0.1, 0.15) is 5.39 Å². The third-order valence-corrected chi connectivity index (χ3v) is 2.61. The van der Waals surface area contributed by atoms with Crippen molar-refractivity contribution in [3.8, 4) is 0 Å². The molecule has 0 unspecified atom stereocenters. The zero-order valence-electron chi connectivity index (χ0n) is 8.56. The number of hydrogen-bond acceptors (Lipinski definition) is 5. The van der Waals surface area contributed by atoms with Gasteiger partial charge in [0.05, 0.1) is 13.2 Å². The molecule has 7 nitrogen and oxygen atoms in total. The molecule has 0 atom stereocenters. The number of morpholine rings is 1. The van der Waals surface area contributed by atoms with Crippen molar-refractivity contribution in [1.82, 2.24) is 20.2 Å². The molecule has 2 aromatic heterocycles. The second kappa shape index (κ2) is 3.60. The van der Waals surface area contributed by atoms with Gasteiger partial charge in [-0.1, -0.05) is 0 Å². The molecule has 2 N–H and O–H groups in total. The van der Waals surface area contributed by atoms with Crippen LogP contribution in [0.4, 0.5) is 5.95 Å². The standard InChI is InChI=1S/C9H11N5O2/c15-8-6-5-10-13-7(6)11-9(12-8)14-1-3-16-4-2-14/h5H,1-4H2,(H2,10,11,12,13,15). The summed E-state index contributed by atoms with van der Waals surface area (Å²) in [6.07, 6.45) is 1.55. The fourth-order valence-corrected chi connectivity index (χ4v) is 1.76. The topological polar surface area (TPSA) is 86.9 Å². The van der Waals surface area contributed by atoms with Crippen LogP contribution < -0.4 is 10.5 Å². The zero-order valence-corrected chi connectivity index (χ0v) is 8.56. The van der Waals surface area contributed by atoms with E-state index >= 15 is 0 Å². The van der Waals surface area contributed by atoms with Gasteiger partial charge in [-0.25, -0.2) is 0 Å². The maximum absolute atomic E-state index is 11.7. The smallest absolute Gasteiger partial charge is 0.263 e. The van der Waals surface area contributed by atoms with Gasteiger partial charge in [-0.05, 0) is 0 Å². The van der Waals surface area contributed by atoms with Crippen LogP contribution in [0.3, 0.4) is 0 Å². The highest BCUT2D eigenvalue weighted by atomic mass is 16.5. The minimum Gasteiger partial charge on any atom is -0.378 e. The summed E-state index contributed by atoms with van der Waals surface area (Å²) in [6.45, 7) is 2.78. The number of aromatic nitrogens is 4. The second-order valence-corrected chi connectivity index (χ2v) is 3.61. The van der Waals surface area contributed by atoms with Crippen LogP contribution in [0.5, 0.6) is 0 Å². The van der Waals surface area contributed by atoms with Crippen LogP contribution in [0.25, 0.3) is 11.0 Å². The van der Waals surface area contributed by atoms with E-state index in [1.54, 1.807) is 6.20 Å². The monoisotopic (exact) mass is 221 g/mol. The normalized spacial score (nSPS) is 16.9. The molecule has 2 aromatic rings. The Balaban J connectivity index is 2.06. The molecule has 7 heteroatoms. The molecule has 84 valence electrons. The number of fused-ring (bicyclic) bond motifs is 1. The molecule has 1 fully saturated rings. The van der Waals surface area contributed by atoms with E-state index in [0.29, 0.717) is 30.2 Å². The highest BCUT2D eigenvalue weighted by molar-refractivity contribution is 5.73. The molecule has 3 rings (SSSR count). The lowest BCUT2D eigenvalue weighted by Crippen LogP contribution is -2.38. The Morgan fingerprint density at radius 1 is 1.38 bits per heavy atom. The number of ether oxygens (including phenoxy) is 1. The van der Waals surface area contributed by atoms with Crippen molar-refractivity contribution in [3.63, 3.8) is 0 Å². The van der Waals surface area contributed by atoms with Crippen molar-refractivity contribution in [3.05, 3.63) is 16.6 Å². The molecule has 0 aromatic carbocycles. The Morgan fingerprint density at radius 2 is 2.19 bits per heavy atom. The SMILES string of the molecule is O=c1[nH]c(N2CCOCC2)nc2n[nH]cc12. The lowest BCUT2D eigenvalue weighted by molar-refractivity contribution is 0.122. The Morgan fingerprint density at radius 3 is 3.00 bits per heavy atom. The lowest BCUT2D eigenvalue weighted by Gasteiger charge is -2.26. The van der Waals surface area contributed by atoms with Gasteiger partial charge < -0.3 is 9.64 Å². The van der Waals surface area contributed by atoms with E-state index in [-0.39, 0.29) is 5.56 Å². The molecular formula is C9H11N5O2. The highest BCUT2D eigenvalue weighted by Gasteiger charge is 2.15. The first-order chi connectivity index (χ1) is 7.84. The van der Waals surface area contributed by atoms with Crippen LogP contribution in [-0.4, -0.2) is 46.5 Å². The number of aromatic amines is 2. The van der Waals surface area contributed by atoms with E-state index in [4.69, 9.17) is 4.74 Å². The minimum atomic E-state index is -0.166. The van der Waals surface area contributed by atoms with E-state index in [9.17, 15) is 4.79 Å². The maximum Gasteiger partial charge on any atom is 0.263 e. The molecule has 0 spiro atoms. The molecule has 16 heavy (non-hydrogen) atoms. The summed E-state index contributed by atoms with van der Waals surface area (Å²) < 4.78 is 5.24. The van der Waals surface area contributed by atoms with Gasteiger partial charge in [0.15, 0.2) is 5.65 Å². The number of nitrogens with zero attached hydrogens (tertiary/aromatic N) is 3. The van der Waals surface area contributed by atoms with Crippen LogP contribution in [0.15, 0.2) is 11.0 Å². The highest BCUT2D eigenvalue weighted by Crippen LogP contribution is 2.10. The largest absolute Gasteiger partial charge is 0.378 e. The number of nitrogens with one attached hydrogen (secondary N) is 2. The first-order valence-electron chi connectivity index (χ1n) is 5.11. The summed E-state index contributed by atoms with van der Waals surface area (Å²) in [5.74, 6) is 0.563. The Hall–Kier alpha value is -1.89. The number of rotatable bonds is 1. The van der Waals surface area contributed by atoms with Gasteiger partial charge in [0.2, 0.25) is 5.95 Å². The summed E-state index contributed by atoms with van der Waals surface area (Å²) in [7, 11) is 0. The average molecular weight is 221 g/mol. The van der Waals surface area contributed by atoms with Crippen LogP contribution in [0, 0.1) is 0 Å².